The summed E-state index contributed by atoms with van der Waals surface area (Å²) in [4.78, 5) is 20.1. The Morgan fingerprint density at radius 2 is 1.67 bits per heavy atom. The van der Waals surface area contributed by atoms with Gasteiger partial charge in [-0.05, 0) is 42.3 Å². The van der Waals surface area contributed by atoms with E-state index in [0.29, 0.717) is 15.6 Å². The molecular formula is C25H21Cl2F2IN4O2. The van der Waals surface area contributed by atoms with E-state index in [0.717, 1.165) is 33.7 Å². The molecule has 6 nitrogen and oxygen atoms in total. The van der Waals surface area contributed by atoms with Crippen LogP contribution in [0.25, 0.3) is 0 Å². The number of hydrogen-bond donors (Lipinski definition) is 2. The largest absolute Gasteiger partial charge is 0.356 e. The highest BCUT2D eigenvalue weighted by molar-refractivity contribution is 14.1. The normalized spacial score (nSPS) is 17.5. The van der Waals surface area contributed by atoms with Crippen LogP contribution in [0.4, 0.5) is 19.3 Å². The molecule has 1 fully saturated rings. The van der Waals surface area contributed by atoms with Crippen LogP contribution < -0.4 is 5.32 Å². The van der Waals surface area contributed by atoms with Crippen molar-refractivity contribution in [1.29, 1.82) is 0 Å². The zero-order chi connectivity index (χ0) is 26.0. The smallest absolute Gasteiger partial charge is 0.327 e. The van der Waals surface area contributed by atoms with Gasteiger partial charge in [0.1, 0.15) is 0 Å². The Kier molecular flexibility index (Phi) is 8.03. The van der Waals surface area contributed by atoms with Crippen LogP contribution >= 0.6 is 45.8 Å². The Hall–Kier alpha value is -2.47. The molecule has 1 aliphatic rings. The fourth-order valence-corrected chi connectivity index (χ4v) is 4.28. The van der Waals surface area contributed by atoms with Gasteiger partial charge < -0.3 is 5.11 Å². The number of benzene rings is 3. The van der Waals surface area contributed by atoms with Gasteiger partial charge in [-0.25, -0.2) is 9.79 Å². The first kappa shape index (κ1) is 26.6. The van der Waals surface area contributed by atoms with Crippen molar-refractivity contribution in [1.82, 2.24) is 15.1 Å². The fourth-order valence-electron chi connectivity index (χ4n) is 3.62. The predicted octanol–water partition coefficient (Wildman–Crippen LogP) is 6.78. The molecule has 4 rings (SSSR count). The van der Waals surface area contributed by atoms with Crippen molar-refractivity contribution < 1.29 is 18.7 Å². The van der Waals surface area contributed by atoms with E-state index < -0.39 is 16.3 Å². The second-order valence-electron chi connectivity index (χ2n) is 8.25. The highest BCUT2D eigenvalue weighted by Crippen LogP contribution is 2.36. The Morgan fingerprint density at radius 1 is 1.00 bits per heavy atom. The number of carbonyl (C=O) groups excluding carboxylic acids is 1. The lowest BCUT2D eigenvalue weighted by molar-refractivity contribution is -0.0731. The van der Waals surface area contributed by atoms with E-state index in [9.17, 15) is 18.7 Å². The summed E-state index contributed by atoms with van der Waals surface area (Å²) in [6.07, 6.45) is -1.40. The van der Waals surface area contributed by atoms with Gasteiger partial charge in [-0.3, -0.25) is 15.1 Å². The average molecular weight is 645 g/mol. The van der Waals surface area contributed by atoms with Crippen molar-refractivity contribution in [3.05, 3.63) is 99.0 Å². The van der Waals surface area contributed by atoms with E-state index in [1.54, 1.807) is 18.2 Å². The Labute approximate surface area is 230 Å². The lowest BCUT2D eigenvalue weighted by atomic mass is 10.1. The number of carbonyl (C=O) groups is 1. The van der Waals surface area contributed by atoms with Crippen LogP contribution in [0.1, 0.15) is 22.3 Å². The van der Waals surface area contributed by atoms with Crippen LogP contribution in [-0.4, -0.2) is 33.2 Å². The number of guanidine groups is 1. The first-order chi connectivity index (χ1) is 17.0. The van der Waals surface area contributed by atoms with Crippen molar-refractivity contribution in [3.63, 3.8) is 0 Å². The minimum absolute atomic E-state index is 0.00709. The molecule has 2 N–H and O–H groups in total. The molecule has 11 heteroatoms. The van der Waals surface area contributed by atoms with Crippen molar-refractivity contribution in [2.45, 2.75) is 30.3 Å². The van der Waals surface area contributed by atoms with Crippen molar-refractivity contribution in [2.75, 3.05) is 0 Å². The molecule has 0 aromatic heterocycles. The standard InChI is InChI=1S/C25H21Cl2F2IN4O2/c1-15-5-7-16(8-6-15)13-34-23(35)32-22(31-19-4-2-3-18(12-19)25(28,29)30)33(24(34)36)14-17-9-10-20(26)21(27)11-17/h2-12,24,36H,13-14H2,1H3,(H,31,32,35). The van der Waals surface area contributed by atoms with Crippen LogP contribution in [0, 0.1) is 6.92 Å². The second kappa shape index (κ2) is 10.9. The van der Waals surface area contributed by atoms with Crippen molar-refractivity contribution >= 4 is 63.5 Å². The summed E-state index contributed by atoms with van der Waals surface area (Å²) in [6, 6.07) is 17.5. The number of alkyl halides is 3. The van der Waals surface area contributed by atoms with Crippen molar-refractivity contribution in [3.8, 4) is 0 Å². The molecule has 0 saturated carbocycles. The Morgan fingerprint density at radius 3 is 2.33 bits per heavy atom. The molecule has 2 amide bonds. The summed E-state index contributed by atoms with van der Waals surface area (Å²) in [5.74, 6) is 0.00709. The number of amides is 2. The van der Waals surface area contributed by atoms with Gasteiger partial charge in [-0.2, -0.15) is 8.78 Å². The van der Waals surface area contributed by atoms with Gasteiger partial charge in [0, 0.05) is 28.2 Å². The molecule has 0 aliphatic carbocycles. The molecule has 0 radical (unpaired) electrons. The van der Waals surface area contributed by atoms with Gasteiger partial charge in [-0.15, -0.1) is 0 Å². The first-order valence-corrected chi connectivity index (χ1v) is 12.6. The Balaban J connectivity index is 1.70. The number of nitrogens with one attached hydrogen (secondary N) is 1. The Bertz CT molecular complexity index is 1300. The number of aliphatic hydroxyl groups is 1. The molecule has 1 unspecified atom stereocenters. The molecule has 0 bridgehead atoms. The fraction of sp³-hybridized carbons (Fsp3) is 0.200. The molecule has 36 heavy (non-hydrogen) atoms. The summed E-state index contributed by atoms with van der Waals surface area (Å²) in [7, 11) is 0. The van der Waals surface area contributed by atoms with E-state index >= 15 is 0 Å². The third kappa shape index (κ3) is 6.26. The van der Waals surface area contributed by atoms with Crippen LogP contribution in [0.5, 0.6) is 0 Å². The van der Waals surface area contributed by atoms with E-state index in [1.165, 1.54) is 34.1 Å². The molecule has 3 aromatic rings. The average Bonchev–Trinajstić information content (AvgIpc) is 2.82. The van der Waals surface area contributed by atoms with E-state index in [4.69, 9.17) is 23.2 Å². The number of rotatable bonds is 6. The zero-order valence-electron chi connectivity index (χ0n) is 18.9. The number of aliphatic imine (C=N–C) groups is 1. The molecule has 1 atom stereocenters. The molecule has 1 saturated heterocycles. The van der Waals surface area contributed by atoms with Gasteiger partial charge in [0.15, 0.2) is 0 Å². The summed E-state index contributed by atoms with van der Waals surface area (Å²) >= 11 is 13.3. The quantitative estimate of drug-likeness (QED) is 0.230. The maximum atomic E-state index is 13.8. The highest BCUT2D eigenvalue weighted by atomic mass is 127. The monoisotopic (exact) mass is 644 g/mol. The number of nitrogens with zero attached hydrogens (tertiary/aromatic N) is 3. The van der Waals surface area contributed by atoms with Gasteiger partial charge in [0.05, 0.1) is 28.8 Å². The molecule has 0 spiro atoms. The van der Waals surface area contributed by atoms with Gasteiger partial charge in [0.25, 0.3) is 0 Å². The summed E-state index contributed by atoms with van der Waals surface area (Å²) in [5.41, 5.74) is 2.54. The van der Waals surface area contributed by atoms with E-state index in [1.807, 2.05) is 31.2 Å². The van der Waals surface area contributed by atoms with Gasteiger partial charge >= 0.3 is 9.96 Å². The maximum Gasteiger partial charge on any atom is 0.327 e. The number of aryl methyl sites for hydroxylation is 1. The van der Waals surface area contributed by atoms with Crippen LogP contribution in [0.3, 0.4) is 0 Å². The summed E-state index contributed by atoms with van der Waals surface area (Å²) in [6.45, 7) is 2.19. The number of halogens is 5. The number of hydrogen-bond acceptors (Lipinski definition) is 3. The van der Waals surface area contributed by atoms with Crippen LogP contribution in [0.2, 0.25) is 10.0 Å². The number of aliphatic hydroxyl groups excluding tert-OH is 1. The summed E-state index contributed by atoms with van der Waals surface area (Å²) < 4.78 is 24.6. The van der Waals surface area contributed by atoms with Gasteiger partial charge in [-0.1, -0.05) is 71.2 Å². The van der Waals surface area contributed by atoms with Crippen LogP contribution in [-0.2, 0) is 17.0 Å². The summed E-state index contributed by atoms with van der Waals surface area (Å²) in [5, 5.41) is 14.7. The molecule has 1 aliphatic heterocycles. The first-order valence-electron chi connectivity index (χ1n) is 10.8. The SMILES string of the molecule is Cc1ccc(CN2C(=O)NC(=Nc3cccc(C(F)(F)I)c3)N(Cc3ccc(Cl)c(Cl)c3)C2O)cc1. The van der Waals surface area contributed by atoms with E-state index in [2.05, 4.69) is 10.3 Å². The maximum absolute atomic E-state index is 13.8. The molecule has 3 aromatic carbocycles. The zero-order valence-corrected chi connectivity index (χ0v) is 22.6. The minimum Gasteiger partial charge on any atom is -0.356 e. The topological polar surface area (TPSA) is 68.2 Å². The lowest BCUT2D eigenvalue weighted by Gasteiger charge is -2.42. The van der Waals surface area contributed by atoms with Crippen molar-refractivity contribution in [2.24, 2.45) is 4.99 Å². The highest BCUT2D eigenvalue weighted by Gasteiger charge is 2.36. The second-order valence-corrected chi connectivity index (χ2v) is 10.4. The molecule has 188 valence electrons. The third-order valence-electron chi connectivity index (χ3n) is 5.53. The predicted molar refractivity (Wildman–Crippen MR) is 145 cm³/mol. The number of urea groups is 1. The van der Waals surface area contributed by atoms with E-state index in [-0.39, 0.29) is 30.3 Å². The van der Waals surface area contributed by atoms with Gasteiger partial charge in [0.2, 0.25) is 12.3 Å². The molecule has 1 heterocycles. The third-order valence-corrected chi connectivity index (χ3v) is 6.89. The molecular weight excluding hydrogens is 624 g/mol. The minimum atomic E-state index is -3.09. The lowest BCUT2D eigenvalue weighted by Crippen LogP contribution is -2.64. The van der Waals surface area contributed by atoms with Crippen LogP contribution in [0.15, 0.2) is 71.7 Å².